The predicted octanol–water partition coefficient (Wildman–Crippen LogP) is 2.84. The van der Waals surface area contributed by atoms with Crippen molar-refractivity contribution >= 4 is 22.7 Å². The molecule has 3 aromatic rings. The molecule has 1 aliphatic heterocycles. The number of nitrogens with one attached hydrogen (secondary N) is 1. The molecule has 1 N–H and O–H groups in total. The SMILES string of the molecule is COc1ccc(CNC(=O)C2=NOC(Cc3nc4ccccc4o3)C2)cc1. The molecule has 2 heterocycles. The van der Waals surface area contributed by atoms with Crippen molar-refractivity contribution in [2.45, 2.75) is 25.5 Å². The van der Waals surface area contributed by atoms with Gasteiger partial charge in [-0.2, -0.15) is 0 Å². The van der Waals surface area contributed by atoms with Gasteiger partial charge in [-0.1, -0.05) is 29.4 Å². The van der Waals surface area contributed by atoms with E-state index in [1.807, 2.05) is 48.5 Å². The van der Waals surface area contributed by atoms with Gasteiger partial charge in [0.15, 0.2) is 11.5 Å². The maximum absolute atomic E-state index is 12.3. The predicted molar refractivity (Wildman–Crippen MR) is 99.5 cm³/mol. The van der Waals surface area contributed by atoms with Crippen molar-refractivity contribution in [1.29, 1.82) is 0 Å². The van der Waals surface area contributed by atoms with Gasteiger partial charge >= 0.3 is 0 Å². The lowest BCUT2D eigenvalue weighted by molar-refractivity contribution is -0.115. The van der Waals surface area contributed by atoms with Gasteiger partial charge in [0.2, 0.25) is 0 Å². The first kappa shape index (κ1) is 17.1. The Morgan fingerprint density at radius 3 is 2.81 bits per heavy atom. The van der Waals surface area contributed by atoms with Crippen LogP contribution in [-0.4, -0.2) is 29.8 Å². The van der Waals surface area contributed by atoms with Crippen LogP contribution in [0.1, 0.15) is 17.9 Å². The summed E-state index contributed by atoms with van der Waals surface area (Å²) in [7, 11) is 1.62. The molecule has 138 valence electrons. The molecule has 1 aliphatic rings. The number of fused-ring (bicyclic) bond motifs is 1. The van der Waals surface area contributed by atoms with Gasteiger partial charge in [-0.25, -0.2) is 4.98 Å². The Balaban J connectivity index is 1.29. The molecule has 1 unspecified atom stereocenters. The summed E-state index contributed by atoms with van der Waals surface area (Å²) in [5.74, 6) is 1.13. The van der Waals surface area contributed by atoms with Gasteiger partial charge in [0, 0.05) is 13.0 Å². The molecule has 1 aromatic heterocycles. The highest BCUT2D eigenvalue weighted by Crippen LogP contribution is 2.20. The Hall–Kier alpha value is -3.35. The van der Waals surface area contributed by atoms with Crippen molar-refractivity contribution in [1.82, 2.24) is 10.3 Å². The molecule has 0 spiro atoms. The number of hydrogen-bond donors (Lipinski definition) is 1. The zero-order valence-electron chi connectivity index (χ0n) is 14.8. The van der Waals surface area contributed by atoms with Crippen LogP contribution in [0.3, 0.4) is 0 Å². The molecule has 7 nitrogen and oxygen atoms in total. The minimum Gasteiger partial charge on any atom is -0.497 e. The average molecular weight is 365 g/mol. The zero-order chi connectivity index (χ0) is 18.6. The highest BCUT2D eigenvalue weighted by molar-refractivity contribution is 6.39. The number of oxime groups is 1. The van der Waals surface area contributed by atoms with Gasteiger partial charge in [-0.3, -0.25) is 4.79 Å². The number of oxazole rings is 1. The first-order valence-corrected chi connectivity index (χ1v) is 8.69. The van der Waals surface area contributed by atoms with Gasteiger partial charge in [0.25, 0.3) is 5.91 Å². The molecule has 0 saturated carbocycles. The second kappa shape index (κ2) is 7.49. The average Bonchev–Trinajstić information content (AvgIpc) is 3.33. The molecule has 0 fully saturated rings. The molecule has 1 amide bonds. The Morgan fingerprint density at radius 2 is 2.04 bits per heavy atom. The van der Waals surface area contributed by atoms with Gasteiger partial charge < -0.3 is 19.3 Å². The van der Waals surface area contributed by atoms with Crippen LogP contribution in [0.25, 0.3) is 11.1 Å². The van der Waals surface area contributed by atoms with Crippen molar-refractivity contribution in [3.05, 3.63) is 60.0 Å². The van der Waals surface area contributed by atoms with E-state index in [9.17, 15) is 4.79 Å². The summed E-state index contributed by atoms with van der Waals surface area (Å²) in [4.78, 5) is 22.1. The van der Waals surface area contributed by atoms with Crippen LogP contribution >= 0.6 is 0 Å². The van der Waals surface area contributed by atoms with Crippen LogP contribution in [0, 0.1) is 0 Å². The van der Waals surface area contributed by atoms with Crippen LogP contribution < -0.4 is 10.1 Å². The third kappa shape index (κ3) is 3.92. The molecule has 27 heavy (non-hydrogen) atoms. The van der Waals surface area contributed by atoms with Crippen LogP contribution in [0.2, 0.25) is 0 Å². The van der Waals surface area contributed by atoms with E-state index in [1.165, 1.54) is 0 Å². The molecule has 0 saturated heterocycles. The van der Waals surface area contributed by atoms with E-state index in [4.69, 9.17) is 14.0 Å². The summed E-state index contributed by atoms with van der Waals surface area (Å²) in [6.45, 7) is 0.414. The number of carbonyl (C=O) groups excluding carboxylic acids is 1. The second-order valence-corrected chi connectivity index (χ2v) is 6.28. The van der Waals surface area contributed by atoms with E-state index in [0.717, 1.165) is 22.4 Å². The number of nitrogens with zero attached hydrogens (tertiary/aromatic N) is 2. The molecular formula is C20H19N3O4. The van der Waals surface area contributed by atoms with Crippen LogP contribution in [0.4, 0.5) is 0 Å². The minimum absolute atomic E-state index is 0.231. The van der Waals surface area contributed by atoms with Crippen molar-refractivity contribution < 1.29 is 18.8 Å². The summed E-state index contributed by atoms with van der Waals surface area (Å²) >= 11 is 0. The Kier molecular flexibility index (Phi) is 4.74. The van der Waals surface area contributed by atoms with Crippen LogP contribution in [0.5, 0.6) is 5.75 Å². The number of amides is 1. The van der Waals surface area contributed by atoms with Crippen molar-refractivity contribution in [3.63, 3.8) is 0 Å². The molecule has 7 heteroatoms. The highest BCUT2D eigenvalue weighted by atomic mass is 16.6. The number of methoxy groups -OCH3 is 1. The number of hydrogen-bond acceptors (Lipinski definition) is 6. The number of ether oxygens (including phenoxy) is 1. The molecule has 2 aromatic carbocycles. The van der Waals surface area contributed by atoms with E-state index in [-0.39, 0.29) is 12.0 Å². The smallest absolute Gasteiger partial charge is 0.269 e. The first-order chi connectivity index (χ1) is 13.2. The summed E-state index contributed by atoms with van der Waals surface area (Å²) in [5, 5.41) is 6.78. The maximum Gasteiger partial charge on any atom is 0.269 e. The standard InChI is InChI=1S/C20H19N3O4/c1-25-14-8-6-13(7-9-14)12-21-20(24)17-10-15(27-23-17)11-19-22-16-4-2-3-5-18(16)26-19/h2-9,15H,10-12H2,1H3,(H,21,24). The summed E-state index contributed by atoms with van der Waals surface area (Å²) in [5.41, 5.74) is 2.91. The minimum atomic E-state index is -0.250. The maximum atomic E-state index is 12.3. The normalized spacial score (nSPS) is 16.0. The van der Waals surface area contributed by atoms with Gasteiger partial charge in [-0.05, 0) is 29.8 Å². The van der Waals surface area contributed by atoms with Gasteiger partial charge in [0.1, 0.15) is 23.1 Å². The largest absolute Gasteiger partial charge is 0.497 e. The van der Waals surface area contributed by atoms with E-state index in [0.29, 0.717) is 31.0 Å². The molecule has 4 rings (SSSR count). The summed E-state index contributed by atoms with van der Waals surface area (Å²) in [6.07, 6.45) is 0.639. The van der Waals surface area contributed by atoms with E-state index in [2.05, 4.69) is 15.5 Å². The molecule has 0 radical (unpaired) electrons. The lowest BCUT2D eigenvalue weighted by atomic mass is 10.1. The van der Waals surface area contributed by atoms with E-state index < -0.39 is 0 Å². The fraction of sp³-hybridized carbons (Fsp3) is 0.250. The molecule has 0 aliphatic carbocycles. The van der Waals surface area contributed by atoms with Gasteiger partial charge in [0.05, 0.1) is 13.5 Å². The fourth-order valence-electron chi connectivity index (χ4n) is 2.90. The molecule has 1 atom stereocenters. The van der Waals surface area contributed by atoms with Crippen LogP contribution in [-0.2, 0) is 22.6 Å². The summed E-state index contributed by atoms with van der Waals surface area (Å²) in [6, 6.07) is 15.1. The monoisotopic (exact) mass is 365 g/mol. The zero-order valence-corrected chi connectivity index (χ0v) is 14.8. The Labute approximate surface area is 156 Å². The van der Waals surface area contributed by atoms with Crippen molar-refractivity contribution in [3.8, 4) is 5.75 Å². The number of rotatable bonds is 6. The number of aromatic nitrogens is 1. The molecular weight excluding hydrogens is 346 g/mol. The third-order valence-electron chi connectivity index (χ3n) is 4.35. The van der Waals surface area contributed by atoms with Gasteiger partial charge in [-0.15, -0.1) is 0 Å². The second-order valence-electron chi connectivity index (χ2n) is 6.28. The van der Waals surface area contributed by atoms with Crippen LogP contribution in [0.15, 0.2) is 58.1 Å². The fourth-order valence-corrected chi connectivity index (χ4v) is 2.90. The summed E-state index contributed by atoms with van der Waals surface area (Å²) < 4.78 is 10.8. The molecule has 0 bridgehead atoms. The first-order valence-electron chi connectivity index (χ1n) is 8.69. The van der Waals surface area contributed by atoms with Crippen molar-refractivity contribution in [2.75, 3.05) is 7.11 Å². The lowest BCUT2D eigenvalue weighted by Crippen LogP contribution is -2.30. The number of carbonyl (C=O) groups is 1. The van der Waals surface area contributed by atoms with E-state index >= 15 is 0 Å². The highest BCUT2D eigenvalue weighted by Gasteiger charge is 2.27. The van der Waals surface area contributed by atoms with E-state index in [1.54, 1.807) is 7.11 Å². The lowest BCUT2D eigenvalue weighted by Gasteiger charge is -2.06. The number of benzene rings is 2. The Bertz CT molecular complexity index is 945. The van der Waals surface area contributed by atoms with Crippen molar-refractivity contribution in [2.24, 2.45) is 5.16 Å². The topological polar surface area (TPSA) is 86.0 Å². The third-order valence-corrected chi connectivity index (χ3v) is 4.35. The number of para-hydroxylation sites is 2. The Morgan fingerprint density at radius 1 is 1.22 bits per heavy atom. The quantitative estimate of drug-likeness (QED) is 0.726.